The number of rotatable bonds is 3. The van der Waals surface area contributed by atoms with Crippen LogP contribution in [0, 0.1) is 17.6 Å². The van der Waals surface area contributed by atoms with Crippen molar-refractivity contribution in [2.45, 2.75) is 12.8 Å². The number of benzene rings is 2. The van der Waals surface area contributed by atoms with E-state index in [1.54, 1.807) is 30.3 Å². The van der Waals surface area contributed by atoms with Crippen molar-refractivity contribution in [2.24, 2.45) is 5.92 Å². The minimum absolute atomic E-state index is 0.00365. The minimum atomic E-state index is -0.663. The summed E-state index contributed by atoms with van der Waals surface area (Å²) in [5, 5.41) is 0. The van der Waals surface area contributed by atoms with Gasteiger partial charge in [0.05, 0.1) is 11.6 Å². The predicted molar refractivity (Wildman–Crippen MR) is 77.1 cm³/mol. The molecule has 1 atom stereocenters. The molecular formula is C17H13F2NO2. The van der Waals surface area contributed by atoms with Crippen molar-refractivity contribution in [3.05, 3.63) is 65.7 Å². The molecule has 112 valence electrons. The lowest BCUT2D eigenvalue weighted by molar-refractivity contribution is -0.122. The third-order valence-corrected chi connectivity index (χ3v) is 3.73. The number of nitrogens with zero attached hydrogens (tertiary/aromatic N) is 1. The maximum absolute atomic E-state index is 13.7. The molecule has 1 fully saturated rings. The van der Waals surface area contributed by atoms with Gasteiger partial charge in [0, 0.05) is 6.42 Å². The van der Waals surface area contributed by atoms with Crippen LogP contribution in [0.5, 0.6) is 0 Å². The van der Waals surface area contributed by atoms with E-state index in [-0.39, 0.29) is 30.2 Å². The van der Waals surface area contributed by atoms with Gasteiger partial charge in [0.15, 0.2) is 0 Å². The molecule has 0 spiro atoms. The highest BCUT2D eigenvalue weighted by Gasteiger charge is 2.39. The molecule has 5 heteroatoms. The number of carbonyl (C=O) groups is 2. The van der Waals surface area contributed by atoms with Gasteiger partial charge in [-0.05, 0) is 42.3 Å². The van der Waals surface area contributed by atoms with Crippen molar-refractivity contribution in [1.82, 2.24) is 0 Å². The molecule has 2 amide bonds. The second kappa shape index (κ2) is 5.67. The van der Waals surface area contributed by atoms with E-state index in [0.29, 0.717) is 5.69 Å². The number of anilines is 1. The molecule has 2 aromatic carbocycles. The maximum Gasteiger partial charge on any atom is 0.237 e. The van der Waals surface area contributed by atoms with Crippen LogP contribution in [0.2, 0.25) is 0 Å². The van der Waals surface area contributed by atoms with Crippen molar-refractivity contribution >= 4 is 17.5 Å². The van der Waals surface area contributed by atoms with E-state index in [9.17, 15) is 18.4 Å². The SMILES string of the molecule is O=C1CC(Cc2cc(F)ccc2F)C(=O)N1c1ccccc1. The van der Waals surface area contributed by atoms with Gasteiger partial charge in [-0.1, -0.05) is 18.2 Å². The van der Waals surface area contributed by atoms with Crippen molar-refractivity contribution in [1.29, 1.82) is 0 Å². The molecule has 0 aromatic heterocycles. The minimum Gasteiger partial charge on any atom is -0.274 e. The van der Waals surface area contributed by atoms with Crippen LogP contribution in [-0.4, -0.2) is 11.8 Å². The van der Waals surface area contributed by atoms with Gasteiger partial charge in [-0.15, -0.1) is 0 Å². The molecule has 0 aliphatic carbocycles. The first-order chi connectivity index (χ1) is 10.6. The average Bonchev–Trinajstić information content (AvgIpc) is 2.78. The third kappa shape index (κ3) is 2.62. The number of carbonyl (C=O) groups excluding carboxylic acids is 2. The Labute approximate surface area is 126 Å². The van der Waals surface area contributed by atoms with Crippen molar-refractivity contribution < 1.29 is 18.4 Å². The summed E-state index contributed by atoms with van der Waals surface area (Å²) < 4.78 is 26.9. The fourth-order valence-corrected chi connectivity index (χ4v) is 2.67. The highest BCUT2D eigenvalue weighted by atomic mass is 19.1. The average molecular weight is 301 g/mol. The Balaban J connectivity index is 1.84. The Morgan fingerprint density at radius 1 is 1.05 bits per heavy atom. The Morgan fingerprint density at radius 2 is 1.77 bits per heavy atom. The number of para-hydroxylation sites is 1. The van der Waals surface area contributed by atoms with E-state index in [2.05, 4.69) is 0 Å². The largest absolute Gasteiger partial charge is 0.274 e. The van der Waals surface area contributed by atoms with Crippen LogP contribution in [0.15, 0.2) is 48.5 Å². The summed E-state index contributed by atoms with van der Waals surface area (Å²) in [5.41, 5.74) is 0.612. The Morgan fingerprint density at radius 3 is 2.50 bits per heavy atom. The lowest BCUT2D eigenvalue weighted by Crippen LogP contribution is -2.30. The van der Waals surface area contributed by atoms with Gasteiger partial charge < -0.3 is 0 Å². The van der Waals surface area contributed by atoms with Crippen molar-refractivity contribution in [2.75, 3.05) is 4.90 Å². The molecule has 1 saturated heterocycles. The smallest absolute Gasteiger partial charge is 0.237 e. The summed E-state index contributed by atoms with van der Waals surface area (Å²) in [6.07, 6.45) is 0.0151. The van der Waals surface area contributed by atoms with E-state index in [0.717, 1.165) is 23.1 Å². The van der Waals surface area contributed by atoms with Crippen molar-refractivity contribution in [3.63, 3.8) is 0 Å². The molecule has 3 rings (SSSR count). The monoisotopic (exact) mass is 301 g/mol. The van der Waals surface area contributed by atoms with Gasteiger partial charge in [-0.3, -0.25) is 14.5 Å². The van der Waals surface area contributed by atoms with Gasteiger partial charge in [-0.2, -0.15) is 0 Å². The van der Waals surface area contributed by atoms with Gasteiger partial charge in [0.2, 0.25) is 11.8 Å². The third-order valence-electron chi connectivity index (χ3n) is 3.73. The van der Waals surface area contributed by atoms with Crippen molar-refractivity contribution in [3.8, 4) is 0 Å². The molecule has 22 heavy (non-hydrogen) atoms. The van der Waals surface area contributed by atoms with Gasteiger partial charge >= 0.3 is 0 Å². The summed E-state index contributed by atoms with van der Waals surface area (Å²) in [5.74, 6) is -2.49. The second-order valence-corrected chi connectivity index (χ2v) is 5.24. The number of amides is 2. The maximum atomic E-state index is 13.7. The van der Waals surface area contributed by atoms with E-state index in [4.69, 9.17) is 0 Å². The van der Waals surface area contributed by atoms with E-state index in [1.807, 2.05) is 0 Å². The molecule has 0 bridgehead atoms. The van der Waals surface area contributed by atoms with Crippen LogP contribution in [0.1, 0.15) is 12.0 Å². The Hall–Kier alpha value is -2.56. The molecular weight excluding hydrogens is 288 g/mol. The topological polar surface area (TPSA) is 37.4 Å². The molecule has 0 N–H and O–H groups in total. The number of hydrogen-bond donors (Lipinski definition) is 0. The summed E-state index contributed by atoms with van der Waals surface area (Å²) in [7, 11) is 0. The first-order valence-electron chi connectivity index (χ1n) is 6.92. The molecule has 0 radical (unpaired) electrons. The number of halogens is 2. The molecule has 1 aliphatic rings. The summed E-state index contributed by atoms with van der Waals surface area (Å²) >= 11 is 0. The zero-order valence-corrected chi connectivity index (χ0v) is 11.6. The lowest BCUT2D eigenvalue weighted by Gasteiger charge is -2.15. The molecule has 2 aromatic rings. The molecule has 1 heterocycles. The molecule has 3 nitrogen and oxygen atoms in total. The summed E-state index contributed by atoms with van der Waals surface area (Å²) in [4.78, 5) is 25.6. The van der Waals surface area contributed by atoms with Crippen LogP contribution in [0.25, 0.3) is 0 Å². The normalized spacial score (nSPS) is 18.1. The fraction of sp³-hybridized carbons (Fsp3) is 0.176. The van der Waals surface area contributed by atoms with Crippen LogP contribution < -0.4 is 4.90 Å². The highest BCUT2D eigenvalue weighted by Crippen LogP contribution is 2.29. The van der Waals surface area contributed by atoms with Gasteiger partial charge in [0.25, 0.3) is 0 Å². The van der Waals surface area contributed by atoms with Crippen LogP contribution in [0.4, 0.5) is 14.5 Å². The first kappa shape index (κ1) is 14.4. The molecule has 1 aliphatic heterocycles. The van der Waals surface area contributed by atoms with E-state index < -0.39 is 17.6 Å². The zero-order chi connectivity index (χ0) is 15.7. The number of hydrogen-bond acceptors (Lipinski definition) is 2. The Kier molecular flexibility index (Phi) is 3.71. The van der Waals surface area contributed by atoms with Gasteiger partial charge in [0.1, 0.15) is 11.6 Å². The zero-order valence-electron chi connectivity index (χ0n) is 11.6. The molecule has 1 unspecified atom stereocenters. The predicted octanol–water partition coefficient (Wildman–Crippen LogP) is 3.09. The van der Waals surface area contributed by atoms with Crippen LogP contribution in [-0.2, 0) is 16.0 Å². The second-order valence-electron chi connectivity index (χ2n) is 5.24. The standard InChI is InChI=1S/C17H13F2NO2/c18-13-6-7-15(19)11(9-13)8-12-10-16(21)20(17(12)22)14-4-2-1-3-5-14/h1-7,9,12H,8,10H2. The summed E-state index contributed by atoms with van der Waals surface area (Å²) in [6, 6.07) is 11.7. The van der Waals surface area contributed by atoms with Gasteiger partial charge in [-0.25, -0.2) is 8.78 Å². The lowest BCUT2D eigenvalue weighted by atomic mass is 9.97. The van der Waals surface area contributed by atoms with Crippen LogP contribution >= 0.6 is 0 Å². The number of imide groups is 1. The summed E-state index contributed by atoms with van der Waals surface area (Å²) in [6.45, 7) is 0. The fourth-order valence-electron chi connectivity index (χ4n) is 2.67. The van der Waals surface area contributed by atoms with E-state index in [1.165, 1.54) is 0 Å². The van der Waals surface area contributed by atoms with Crippen LogP contribution in [0.3, 0.4) is 0 Å². The highest BCUT2D eigenvalue weighted by molar-refractivity contribution is 6.20. The first-order valence-corrected chi connectivity index (χ1v) is 6.92. The Bertz CT molecular complexity index is 731. The quantitative estimate of drug-likeness (QED) is 0.817. The van der Waals surface area contributed by atoms with E-state index >= 15 is 0 Å². The molecule has 0 saturated carbocycles.